The van der Waals surface area contributed by atoms with Crippen molar-refractivity contribution in [2.24, 2.45) is 0 Å². The number of aldehydes is 1. The summed E-state index contributed by atoms with van der Waals surface area (Å²) in [5.41, 5.74) is 0.441. The fourth-order valence-corrected chi connectivity index (χ4v) is 5.84. The minimum atomic E-state index is -4.50. The van der Waals surface area contributed by atoms with Crippen molar-refractivity contribution in [2.45, 2.75) is 89.7 Å². The maximum absolute atomic E-state index is 13.8. The molecule has 0 fully saturated rings. The lowest BCUT2D eigenvalue weighted by molar-refractivity contribution is -0.384. The van der Waals surface area contributed by atoms with Crippen molar-refractivity contribution in [3.05, 3.63) is 70.3 Å². The first-order valence-corrected chi connectivity index (χ1v) is 16.1. The number of aliphatic carboxylic acids is 1. The lowest BCUT2D eigenvalue weighted by Crippen LogP contribution is -2.39. The number of ether oxygens (including phenoxy) is 1. The Morgan fingerprint density at radius 1 is 0.976 bits per heavy atom. The van der Waals surface area contributed by atoms with Crippen LogP contribution in [0, 0.1) is 10.1 Å². The van der Waals surface area contributed by atoms with E-state index in [0.717, 1.165) is 31.4 Å². The van der Waals surface area contributed by atoms with Gasteiger partial charge in [-0.25, -0.2) is 4.57 Å². The van der Waals surface area contributed by atoms with Gasteiger partial charge in [-0.3, -0.25) is 19.4 Å². The molecule has 11 nitrogen and oxygen atoms in total. The molecule has 2 rings (SSSR count). The number of rotatable bonds is 24. The van der Waals surface area contributed by atoms with E-state index in [2.05, 4.69) is 12.0 Å². The molecule has 0 aliphatic heterocycles. The number of hydrogen-bond donors (Lipinski definition) is 2. The van der Waals surface area contributed by atoms with Crippen molar-refractivity contribution in [1.29, 1.82) is 0 Å². The molecule has 0 saturated heterocycles. The highest BCUT2D eigenvalue weighted by molar-refractivity contribution is 7.52. The van der Waals surface area contributed by atoms with Crippen molar-refractivity contribution in [3.63, 3.8) is 0 Å². The molecular formula is C30H43N2O9P. The SMILES string of the molecule is CCCCCCCCCCCCOC[C@@H](C=O)OP(=O)(N[C@@H](Cc1ccccc1)C(=O)O)Oc1ccc([N+](=O)[O-])cc1. The van der Waals surface area contributed by atoms with E-state index < -0.39 is 30.8 Å². The number of carboxylic acid groups (broad SMARTS) is 1. The van der Waals surface area contributed by atoms with Crippen LogP contribution in [-0.4, -0.2) is 47.6 Å². The van der Waals surface area contributed by atoms with Crippen LogP contribution in [0.5, 0.6) is 5.75 Å². The lowest BCUT2D eigenvalue weighted by Gasteiger charge is -2.25. The van der Waals surface area contributed by atoms with Gasteiger partial charge in [-0.2, -0.15) is 5.09 Å². The largest absolute Gasteiger partial charge is 0.480 e. The maximum Gasteiger partial charge on any atom is 0.460 e. The molecule has 0 bridgehead atoms. The first-order valence-electron chi connectivity index (χ1n) is 14.6. The molecule has 0 spiro atoms. The van der Waals surface area contributed by atoms with Gasteiger partial charge in [0.05, 0.1) is 11.5 Å². The number of nitrogens with one attached hydrogen (secondary N) is 1. The van der Waals surface area contributed by atoms with Crippen molar-refractivity contribution in [1.82, 2.24) is 5.09 Å². The summed E-state index contributed by atoms with van der Waals surface area (Å²) < 4.78 is 30.5. The number of unbranched alkanes of at least 4 members (excludes halogenated alkanes) is 9. The van der Waals surface area contributed by atoms with Crippen LogP contribution in [0.3, 0.4) is 0 Å². The summed E-state index contributed by atoms with van der Waals surface area (Å²) >= 11 is 0. The van der Waals surface area contributed by atoms with Gasteiger partial charge in [0.2, 0.25) is 0 Å². The van der Waals surface area contributed by atoms with Gasteiger partial charge in [-0.1, -0.05) is 95.0 Å². The fourth-order valence-electron chi connectivity index (χ4n) is 4.24. The van der Waals surface area contributed by atoms with Crippen molar-refractivity contribution < 1.29 is 38.0 Å². The van der Waals surface area contributed by atoms with E-state index in [4.69, 9.17) is 13.8 Å². The minimum Gasteiger partial charge on any atom is -0.480 e. The standard InChI is InChI=1S/C30H43N2O9P/c1-2-3-4-5-6-7-8-9-10-14-21-39-24-28(23-33)41-42(38,40-27-19-17-26(18-20-27)32(36)37)31-29(30(34)35)22-25-15-12-11-13-16-25/h11-13,15-20,23,28-29H,2-10,14,21-22,24H2,1H3,(H,31,38)(H,34,35)/t28-,29+,42?/m1/s1. The Hall–Kier alpha value is -3.11. The van der Waals surface area contributed by atoms with Gasteiger partial charge < -0.3 is 19.2 Å². The van der Waals surface area contributed by atoms with Gasteiger partial charge in [0.25, 0.3) is 5.69 Å². The highest BCUT2D eigenvalue weighted by Gasteiger charge is 2.36. The highest BCUT2D eigenvalue weighted by atomic mass is 31.2. The van der Waals surface area contributed by atoms with Crippen LogP contribution in [0.25, 0.3) is 0 Å². The van der Waals surface area contributed by atoms with E-state index in [-0.39, 0.29) is 24.5 Å². The summed E-state index contributed by atoms with van der Waals surface area (Å²) in [7, 11) is -4.50. The molecule has 0 radical (unpaired) electrons. The molecule has 12 heteroatoms. The van der Waals surface area contributed by atoms with Crippen LogP contribution < -0.4 is 9.61 Å². The van der Waals surface area contributed by atoms with Crippen molar-refractivity contribution in [3.8, 4) is 5.75 Å². The number of nitro benzene ring substituents is 1. The second-order valence-corrected chi connectivity index (χ2v) is 11.7. The average Bonchev–Trinajstić information content (AvgIpc) is 2.97. The number of carbonyl (C=O) groups excluding carboxylic acids is 1. The summed E-state index contributed by atoms with van der Waals surface area (Å²) in [5, 5.41) is 23.2. The van der Waals surface area contributed by atoms with Gasteiger partial charge in [0, 0.05) is 18.7 Å². The second kappa shape index (κ2) is 19.9. The Balaban J connectivity index is 1.96. The zero-order chi connectivity index (χ0) is 30.6. The summed E-state index contributed by atoms with van der Waals surface area (Å²) in [6.07, 6.45) is 10.7. The molecule has 2 N–H and O–H groups in total. The minimum absolute atomic E-state index is 0.0475. The highest BCUT2D eigenvalue weighted by Crippen LogP contribution is 2.46. The van der Waals surface area contributed by atoms with Crippen LogP contribution >= 0.6 is 7.75 Å². The summed E-state index contributed by atoms with van der Waals surface area (Å²) in [6, 6.07) is 12.0. The molecule has 42 heavy (non-hydrogen) atoms. The molecule has 0 aliphatic carbocycles. The Labute approximate surface area is 247 Å². The number of carbonyl (C=O) groups is 2. The van der Waals surface area contributed by atoms with Crippen LogP contribution in [0.15, 0.2) is 54.6 Å². The molecule has 1 unspecified atom stereocenters. The topological polar surface area (TPSA) is 154 Å². The predicted octanol–water partition coefficient (Wildman–Crippen LogP) is 6.89. The fraction of sp³-hybridized carbons (Fsp3) is 0.533. The zero-order valence-corrected chi connectivity index (χ0v) is 25.1. The first kappa shape index (κ1) is 35.1. The van der Waals surface area contributed by atoms with Gasteiger partial charge in [-0.05, 0) is 30.5 Å². The number of non-ortho nitro benzene ring substituents is 1. The zero-order valence-electron chi connectivity index (χ0n) is 24.2. The normalized spacial score (nSPS) is 14.0. The van der Waals surface area contributed by atoms with E-state index in [0.29, 0.717) is 18.5 Å². The monoisotopic (exact) mass is 606 g/mol. The Bertz CT molecular complexity index is 1120. The summed E-state index contributed by atoms with van der Waals surface area (Å²) in [5.74, 6) is -1.38. The van der Waals surface area contributed by atoms with Crippen LogP contribution in [0.2, 0.25) is 0 Å². The molecule has 0 saturated carbocycles. The van der Waals surface area contributed by atoms with Gasteiger partial charge in [0.15, 0.2) is 6.29 Å². The Kier molecular flexibility index (Phi) is 16.6. The molecule has 232 valence electrons. The molecular weight excluding hydrogens is 563 g/mol. The maximum atomic E-state index is 13.8. The van der Waals surface area contributed by atoms with E-state index in [1.54, 1.807) is 30.3 Å². The third kappa shape index (κ3) is 14.2. The Morgan fingerprint density at radius 2 is 1.57 bits per heavy atom. The van der Waals surface area contributed by atoms with Crippen LogP contribution in [0.1, 0.15) is 76.7 Å². The van der Waals surface area contributed by atoms with Crippen molar-refractivity contribution >= 4 is 25.7 Å². The first-order chi connectivity index (χ1) is 20.3. The smallest absolute Gasteiger partial charge is 0.460 e. The average molecular weight is 607 g/mol. The summed E-state index contributed by atoms with van der Waals surface area (Å²) in [6.45, 7) is 2.39. The molecule has 2 aromatic carbocycles. The third-order valence-corrected chi connectivity index (χ3v) is 8.15. The molecule has 3 atom stereocenters. The molecule has 0 aromatic heterocycles. The predicted molar refractivity (Wildman–Crippen MR) is 160 cm³/mol. The summed E-state index contributed by atoms with van der Waals surface area (Å²) in [4.78, 5) is 34.2. The van der Waals surface area contributed by atoms with Gasteiger partial charge in [0.1, 0.15) is 17.9 Å². The number of hydrogen-bond acceptors (Lipinski definition) is 8. The molecule has 0 aliphatic rings. The van der Waals surface area contributed by atoms with Crippen molar-refractivity contribution in [2.75, 3.05) is 13.2 Å². The van der Waals surface area contributed by atoms with Gasteiger partial charge in [-0.15, -0.1) is 0 Å². The lowest BCUT2D eigenvalue weighted by atomic mass is 10.1. The molecule has 0 heterocycles. The third-order valence-electron chi connectivity index (χ3n) is 6.52. The van der Waals surface area contributed by atoms with E-state index in [1.165, 1.54) is 57.1 Å². The number of nitrogens with zero attached hydrogens (tertiary/aromatic N) is 1. The van der Waals surface area contributed by atoms with E-state index in [9.17, 15) is 29.4 Å². The van der Waals surface area contributed by atoms with Crippen LogP contribution in [-0.2, 0) is 29.8 Å². The number of benzene rings is 2. The molecule has 0 amide bonds. The van der Waals surface area contributed by atoms with Gasteiger partial charge >= 0.3 is 13.7 Å². The van der Waals surface area contributed by atoms with E-state index in [1.807, 2.05) is 0 Å². The molecule has 2 aromatic rings. The number of carboxylic acids is 1. The quantitative estimate of drug-likeness (QED) is 0.0424. The Morgan fingerprint density at radius 3 is 2.12 bits per heavy atom. The second-order valence-electron chi connectivity index (χ2n) is 10.1. The van der Waals surface area contributed by atoms with E-state index >= 15 is 0 Å². The van der Waals surface area contributed by atoms with Crippen LogP contribution in [0.4, 0.5) is 5.69 Å². The number of nitro groups is 1.